The van der Waals surface area contributed by atoms with Crippen molar-refractivity contribution in [2.75, 3.05) is 11.9 Å². The van der Waals surface area contributed by atoms with Crippen LogP contribution < -0.4 is 5.32 Å². The number of anilines is 1. The summed E-state index contributed by atoms with van der Waals surface area (Å²) in [5.74, 6) is -0.461. The minimum atomic E-state index is -0.461. The van der Waals surface area contributed by atoms with Gasteiger partial charge < -0.3 is 5.32 Å². The SMILES string of the molecule is N#Cc1c(F)cccc1NCCC1=CCCC1. The Morgan fingerprint density at radius 2 is 2.29 bits per heavy atom. The fraction of sp³-hybridized carbons (Fsp3) is 0.357. The maximum atomic E-state index is 13.3. The maximum absolute atomic E-state index is 13.3. The summed E-state index contributed by atoms with van der Waals surface area (Å²) in [6.45, 7) is 0.754. The van der Waals surface area contributed by atoms with E-state index in [9.17, 15) is 4.39 Å². The predicted molar refractivity (Wildman–Crippen MR) is 66.2 cm³/mol. The third kappa shape index (κ3) is 2.85. The smallest absolute Gasteiger partial charge is 0.143 e. The Hall–Kier alpha value is -1.82. The van der Waals surface area contributed by atoms with Gasteiger partial charge in [0.25, 0.3) is 0 Å². The molecule has 1 aliphatic rings. The molecule has 0 fully saturated rings. The third-order valence-corrected chi connectivity index (χ3v) is 3.02. The van der Waals surface area contributed by atoms with Gasteiger partial charge in [-0.15, -0.1) is 0 Å². The molecule has 88 valence electrons. The van der Waals surface area contributed by atoms with Crippen LogP contribution in [0.5, 0.6) is 0 Å². The van der Waals surface area contributed by atoms with E-state index in [2.05, 4.69) is 11.4 Å². The molecule has 0 saturated carbocycles. The largest absolute Gasteiger partial charge is 0.384 e. The van der Waals surface area contributed by atoms with Gasteiger partial charge in [0.15, 0.2) is 0 Å². The molecule has 0 amide bonds. The topological polar surface area (TPSA) is 35.8 Å². The summed E-state index contributed by atoms with van der Waals surface area (Å²) >= 11 is 0. The van der Waals surface area contributed by atoms with Gasteiger partial charge in [-0.3, -0.25) is 0 Å². The number of hydrogen-bond donors (Lipinski definition) is 1. The highest BCUT2D eigenvalue weighted by atomic mass is 19.1. The second-order valence-electron chi connectivity index (χ2n) is 4.21. The van der Waals surface area contributed by atoms with E-state index in [4.69, 9.17) is 5.26 Å². The molecule has 3 heteroatoms. The number of nitrogens with zero attached hydrogens (tertiary/aromatic N) is 1. The van der Waals surface area contributed by atoms with Crippen molar-refractivity contribution in [3.63, 3.8) is 0 Å². The number of nitrogens with one attached hydrogen (secondary N) is 1. The number of allylic oxidation sites excluding steroid dienone is 1. The van der Waals surface area contributed by atoms with Gasteiger partial charge in [0, 0.05) is 6.54 Å². The average molecular weight is 230 g/mol. The predicted octanol–water partition coefficient (Wildman–Crippen LogP) is 3.61. The van der Waals surface area contributed by atoms with E-state index in [0.29, 0.717) is 5.69 Å². The molecule has 0 bridgehead atoms. The number of benzene rings is 1. The van der Waals surface area contributed by atoms with Crippen molar-refractivity contribution in [1.82, 2.24) is 0 Å². The van der Waals surface area contributed by atoms with Crippen molar-refractivity contribution in [3.8, 4) is 6.07 Å². The van der Waals surface area contributed by atoms with Crippen LogP contribution >= 0.6 is 0 Å². The molecule has 0 saturated heterocycles. The molecule has 1 aromatic carbocycles. The van der Waals surface area contributed by atoms with Crippen LogP contribution in [0.25, 0.3) is 0 Å². The van der Waals surface area contributed by atoms with Crippen molar-refractivity contribution in [2.24, 2.45) is 0 Å². The molecule has 0 aromatic heterocycles. The van der Waals surface area contributed by atoms with Gasteiger partial charge in [-0.1, -0.05) is 17.7 Å². The number of hydrogen-bond acceptors (Lipinski definition) is 2. The molecule has 0 heterocycles. The summed E-state index contributed by atoms with van der Waals surface area (Å²) in [7, 11) is 0. The Bertz CT molecular complexity index is 472. The van der Waals surface area contributed by atoms with Crippen LogP contribution in [-0.2, 0) is 0 Å². The molecule has 0 aliphatic heterocycles. The maximum Gasteiger partial charge on any atom is 0.143 e. The van der Waals surface area contributed by atoms with Gasteiger partial charge in [-0.25, -0.2) is 4.39 Å². The van der Waals surface area contributed by atoms with Crippen LogP contribution in [0.15, 0.2) is 29.8 Å². The monoisotopic (exact) mass is 230 g/mol. The Morgan fingerprint density at radius 3 is 3.00 bits per heavy atom. The fourth-order valence-corrected chi connectivity index (χ4v) is 2.11. The van der Waals surface area contributed by atoms with Gasteiger partial charge in [-0.2, -0.15) is 5.26 Å². The Balaban J connectivity index is 1.95. The number of halogens is 1. The summed E-state index contributed by atoms with van der Waals surface area (Å²) < 4.78 is 13.3. The molecule has 17 heavy (non-hydrogen) atoms. The highest BCUT2D eigenvalue weighted by molar-refractivity contribution is 5.57. The molecule has 1 aromatic rings. The number of rotatable bonds is 4. The highest BCUT2D eigenvalue weighted by Crippen LogP contribution is 2.22. The molecular formula is C14H15FN2. The first-order valence-electron chi connectivity index (χ1n) is 5.91. The van der Waals surface area contributed by atoms with Crippen LogP contribution in [0.4, 0.5) is 10.1 Å². The normalized spacial score (nSPS) is 14.2. The summed E-state index contributed by atoms with van der Waals surface area (Å²) in [5.41, 5.74) is 2.16. The lowest BCUT2D eigenvalue weighted by molar-refractivity contribution is 0.624. The van der Waals surface area contributed by atoms with Crippen molar-refractivity contribution in [2.45, 2.75) is 25.7 Å². The first kappa shape index (κ1) is 11.7. The molecule has 2 rings (SSSR count). The van der Waals surface area contributed by atoms with E-state index in [1.54, 1.807) is 12.1 Å². The lowest BCUT2D eigenvalue weighted by atomic mass is 10.1. The standard InChI is InChI=1S/C14H15FN2/c15-13-6-3-7-14(12(13)10-16)17-9-8-11-4-1-2-5-11/h3-4,6-7,17H,1-2,5,8-9H2. The van der Waals surface area contributed by atoms with Gasteiger partial charge in [0.1, 0.15) is 17.4 Å². The summed E-state index contributed by atoms with van der Waals surface area (Å²) in [5, 5.41) is 12.0. The minimum absolute atomic E-state index is 0.105. The second kappa shape index (κ2) is 5.49. The molecule has 0 unspecified atom stereocenters. The number of nitriles is 1. The lowest BCUT2D eigenvalue weighted by Gasteiger charge is -2.08. The van der Waals surface area contributed by atoms with E-state index < -0.39 is 5.82 Å². The molecule has 1 N–H and O–H groups in total. The van der Waals surface area contributed by atoms with Gasteiger partial charge in [-0.05, 0) is 37.8 Å². The Kier molecular flexibility index (Phi) is 3.77. The fourth-order valence-electron chi connectivity index (χ4n) is 2.11. The first-order valence-corrected chi connectivity index (χ1v) is 5.91. The van der Waals surface area contributed by atoms with Crippen molar-refractivity contribution >= 4 is 5.69 Å². The summed E-state index contributed by atoms with van der Waals surface area (Å²) in [6.07, 6.45) is 6.85. The van der Waals surface area contributed by atoms with Crippen molar-refractivity contribution in [3.05, 3.63) is 41.2 Å². The Labute approximate surface area is 101 Å². The van der Waals surface area contributed by atoms with Crippen LogP contribution in [0.1, 0.15) is 31.2 Å². The van der Waals surface area contributed by atoms with Crippen LogP contribution in [0.2, 0.25) is 0 Å². The van der Waals surface area contributed by atoms with Gasteiger partial charge in [0.05, 0.1) is 5.69 Å². The molecule has 0 radical (unpaired) electrons. The average Bonchev–Trinajstić information content (AvgIpc) is 2.82. The minimum Gasteiger partial charge on any atom is -0.384 e. The highest BCUT2D eigenvalue weighted by Gasteiger charge is 2.08. The van der Waals surface area contributed by atoms with E-state index in [-0.39, 0.29) is 5.56 Å². The molecule has 0 atom stereocenters. The molecule has 1 aliphatic carbocycles. The zero-order valence-corrected chi connectivity index (χ0v) is 9.67. The summed E-state index contributed by atoms with van der Waals surface area (Å²) in [4.78, 5) is 0. The van der Waals surface area contributed by atoms with Gasteiger partial charge >= 0.3 is 0 Å². The first-order chi connectivity index (χ1) is 8.31. The zero-order valence-electron chi connectivity index (χ0n) is 9.67. The molecule has 2 nitrogen and oxygen atoms in total. The van der Waals surface area contributed by atoms with E-state index >= 15 is 0 Å². The van der Waals surface area contributed by atoms with Crippen molar-refractivity contribution < 1.29 is 4.39 Å². The zero-order chi connectivity index (χ0) is 12.1. The van der Waals surface area contributed by atoms with Crippen LogP contribution in [-0.4, -0.2) is 6.54 Å². The van der Waals surface area contributed by atoms with Gasteiger partial charge in [0.2, 0.25) is 0 Å². The van der Waals surface area contributed by atoms with E-state index in [0.717, 1.165) is 13.0 Å². The molecular weight excluding hydrogens is 215 g/mol. The second-order valence-corrected chi connectivity index (χ2v) is 4.21. The molecule has 0 spiro atoms. The van der Waals surface area contributed by atoms with Crippen LogP contribution in [0, 0.1) is 17.1 Å². The lowest BCUT2D eigenvalue weighted by Crippen LogP contribution is -2.04. The van der Waals surface area contributed by atoms with E-state index in [1.807, 2.05) is 6.07 Å². The third-order valence-electron chi connectivity index (χ3n) is 3.02. The Morgan fingerprint density at radius 1 is 1.41 bits per heavy atom. The van der Waals surface area contributed by atoms with E-state index in [1.165, 1.54) is 30.9 Å². The quantitative estimate of drug-likeness (QED) is 0.802. The van der Waals surface area contributed by atoms with Crippen LogP contribution in [0.3, 0.4) is 0 Å². The summed E-state index contributed by atoms with van der Waals surface area (Å²) in [6, 6.07) is 6.56. The van der Waals surface area contributed by atoms with Crippen molar-refractivity contribution in [1.29, 1.82) is 5.26 Å².